The van der Waals surface area contributed by atoms with Gasteiger partial charge in [-0.1, -0.05) is 46.5 Å². The minimum absolute atomic E-state index is 0.127. The third-order valence-corrected chi connectivity index (χ3v) is 4.02. The zero-order chi connectivity index (χ0) is 18.1. The van der Waals surface area contributed by atoms with E-state index in [4.69, 9.17) is 10.2 Å². The summed E-state index contributed by atoms with van der Waals surface area (Å²) in [5.74, 6) is -1.11. The molecular weight excluding hydrogens is 294 g/mol. The Labute approximate surface area is 142 Å². The molecule has 23 heavy (non-hydrogen) atoms. The standard InChI is InChI=1S/C10H23NO2.C8H16O2/c1-3-4-5-6-9(2)11-7-10(13)8-12;1-3-5-6-7(4-2)8(9)10/h9-13H,3-8H2,1-2H3;7H,3-6H2,1-2H3,(H,9,10). The second-order valence-corrected chi connectivity index (χ2v) is 6.35. The number of hydrogen-bond donors (Lipinski definition) is 3. The highest BCUT2D eigenvalue weighted by atomic mass is 16.4. The number of rotatable bonds is 13. The summed E-state index contributed by atoms with van der Waals surface area (Å²) in [7, 11) is 0. The number of carboxylic acid groups (broad SMARTS) is 1. The van der Waals surface area contributed by atoms with E-state index in [2.05, 4.69) is 26.1 Å². The van der Waals surface area contributed by atoms with Crippen molar-refractivity contribution in [2.24, 2.45) is 5.92 Å². The van der Waals surface area contributed by atoms with E-state index in [9.17, 15) is 9.90 Å². The fourth-order valence-electron chi connectivity index (χ4n) is 2.24. The Morgan fingerprint density at radius 3 is 2.13 bits per heavy atom. The number of aliphatic hydroxyl groups is 2. The first-order valence-electron chi connectivity index (χ1n) is 9.25. The quantitative estimate of drug-likeness (QED) is 0.435. The highest BCUT2D eigenvalue weighted by molar-refractivity contribution is 5.67. The van der Waals surface area contributed by atoms with Gasteiger partial charge in [-0.3, -0.25) is 0 Å². The summed E-state index contributed by atoms with van der Waals surface area (Å²) < 4.78 is 0. The minimum atomic E-state index is -0.893. The van der Waals surface area contributed by atoms with Gasteiger partial charge in [0.1, 0.15) is 12.6 Å². The fourth-order valence-corrected chi connectivity index (χ4v) is 2.24. The van der Waals surface area contributed by atoms with Crippen molar-refractivity contribution in [3.8, 4) is 0 Å². The Morgan fingerprint density at radius 1 is 1.09 bits per heavy atom. The summed E-state index contributed by atoms with van der Waals surface area (Å²) in [5, 5.41) is 30.1. The number of hydrogen-bond acceptors (Lipinski definition) is 4. The summed E-state index contributed by atoms with van der Waals surface area (Å²) >= 11 is 0. The largest absolute Gasteiger partial charge is 0.550 e. The highest BCUT2D eigenvalue weighted by Gasteiger charge is 2.08. The molecule has 0 saturated carbocycles. The first kappa shape index (κ1) is 24.6. The van der Waals surface area contributed by atoms with Crippen LogP contribution in [0.5, 0.6) is 0 Å². The predicted octanol–water partition coefficient (Wildman–Crippen LogP) is 0.825. The molecule has 0 aliphatic carbocycles. The van der Waals surface area contributed by atoms with Crippen LogP contribution in [-0.4, -0.2) is 41.5 Å². The smallest absolute Gasteiger partial charge is 0.126 e. The van der Waals surface area contributed by atoms with Crippen LogP contribution < -0.4 is 10.4 Å². The monoisotopic (exact) mass is 333 g/mol. The molecule has 5 nitrogen and oxygen atoms in total. The number of unbranched alkanes of at least 4 members (excludes halogenated alkanes) is 3. The van der Waals surface area contributed by atoms with E-state index in [1.165, 1.54) is 25.7 Å². The van der Waals surface area contributed by atoms with Gasteiger partial charge in [-0.15, -0.1) is 0 Å². The molecule has 0 heterocycles. The molecule has 0 fully saturated rings. The van der Waals surface area contributed by atoms with Gasteiger partial charge in [-0.2, -0.15) is 0 Å². The maximum absolute atomic E-state index is 10.3. The van der Waals surface area contributed by atoms with E-state index in [1.54, 1.807) is 0 Å². The maximum Gasteiger partial charge on any atom is 0.126 e. The molecule has 5 heteroatoms. The van der Waals surface area contributed by atoms with Gasteiger partial charge in [-0.05, 0) is 38.5 Å². The van der Waals surface area contributed by atoms with Crippen LogP contribution >= 0.6 is 0 Å². The van der Waals surface area contributed by atoms with Crippen molar-refractivity contribution in [1.29, 1.82) is 0 Å². The second kappa shape index (κ2) is 17.7. The summed E-state index contributed by atoms with van der Waals surface area (Å²) in [5.41, 5.74) is 0. The number of aliphatic carboxylic acids is 1. The number of nitrogens with two attached hydrogens (primary N) is 1. The van der Waals surface area contributed by atoms with Gasteiger partial charge in [0.25, 0.3) is 0 Å². The third-order valence-electron chi connectivity index (χ3n) is 4.02. The minimum Gasteiger partial charge on any atom is -0.550 e. The summed E-state index contributed by atoms with van der Waals surface area (Å²) in [6, 6.07) is 0.563. The van der Waals surface area contributed by atoms with Crippen LogP contribution in [0.1, 0.15) is 79.1 Å². The van der Waals surface area contributed by atoms with E-state index in [0.717, 1.165) is 19.3 Å². The van der Waals surface area contributed by atoms with Crippen molar-refractivity contribution >= 4 is 5.97 Å². The molecule has 3 unspecified atom stereocenters. The average molecular weight is 334 g/mol. The van der Waals surface area contributed by atoms with Crippen molar-refractivity contribution in [3.63, 3.8) is 0 Å². The van der Waals surface area contributed by atoms with E-state index in [-0.39, 0.29) is 12.5 Å². The van der Waals surface area contributed by atoms with E-state index in [1.807, 2.05) is 6.92 Å². The lowest BCUT2D eigenvalue weighted by Gasteiger charge is -2.14. The predicted molar refractivity (Wildman–Crippen MR) is 91.8 cm³/mol. The zero-order valence-electron chi connectivity index (χ0n) is 15.6. The first-order valence-corrected chi connectivity index (χ1v) is 9.25. The lowest BCUT2D eigenvalue weighted by Crippen LogP contribution is -2.91. The Kier molecular flexibility index (Phi) is 18.9. The molecule has 0 radical (unpaired) electrons. The van der Waals surface area contributed by atoms with Gasteiger partial charge in [0.05, 0.1) is 12.6 Å². The molecule has 140 valence electrons. The molecule has 0 amide bonds. The van der Waals surface area contributed by atoms with Crippen molar-refractivity contribution in [1.82, 2.24) is 0 Å². The summed E-state index contributed by atoms with van der Waals surface area (Å²) in [6.07, 6.45) is 7.98. The molecular formula is C18H39NO4. The van der Waals surface area contributed by atoms with Gasteiger partial charge in [-0.25, -0.2) is 0 Å². The van der Waals surface area contributed by atoms with Crippen molar-refractivity contribution < 1.29 is 25.4 Å². The molecule has 0 aromatic carbocycles. The zero-order valence-corrected chi connectivity index (χ0v) is 15.6. The first-order chi connectivity index (χ1) is 10.9. The van der Waals surface area contributed by atoms with E-state index in [0.29, 0.717) is 19.0 Å². The number of carbonyl (C=O) groups is 1. The molecule has 0 rings (SSSR count). The third kappa shape index (κ3) is 17.5. The number of aliphatic hydroxyl groups excluding tert-OH is 2. The molecule has 4 N–H and O–H groups in total. The summed E-state index contributed by atoms with van der Waals surface area (Å²) in [6.45, 7) is 8.80. The Balaban J connectivity index is 0. The van der Waals surface area contributed by atoms with E-state index < -0.39 is 12.1 Å². The normalized spacial score (nSPS) is 14.5. The van der Waals surface area contributed by atoms with Gasteiger partial charge in [0.2, 0.25) is 0 Å². The molecule has 0 aromatic heterocycles. The lowest BCUT2D eigenvalue weighted by molar-refractivity contribution is -0.692. The number of carboxylic acids is 1. The Morgan fingerprint density at radius 2 is 1.70 bits per heavy atom. The van der Waals surface area contributed by atoms with Gasteiger partial charge < -0.3 is 25.4 Å². The topological polar surface area (TPSA) is 97.2 Å². The van der Waals surface area contributed by atoms with Crippen LogP contribution in [0.4, 0.5) is 0 Å². The van der Waals surface area contributed by atoms with Crippen molar-refractivity contribution in [3.05, 3.63) is 0 Å². The van der Waals surface area contributed by atoms with E-state index >= 15 is 0 Å². The van der Waals surface area contributed by atoms with Crippen LogP contribution in [0, 0.1) is 5.92 Å². The number of quaternary nitrogens is 1. The number of carbonyl (C=O) groups excluding carboxylic acids is 1. The molecule has 0 bridgehead atoms. The molecule has 0 saturated heterocycles. The second-order valence-electron chi connectivity index (χ2n) is 6.35. The lowest BCUT2D eigenvalue weighted by atomic mass is 10.00. The molecule has 0 aliphatic heterocycles. The van der Waals surface area contributed by atoms with Crippen LogP contribution in [-0.2, 0) is 4.79 Å². The molecule has 0 spiro atoms. The molecule has 3 atom stereocenters. The molecule has 0 aliphatic rings. The highest BCUT2D eigenvalue weighted by Crippen LogP contribution is 2.10. The van der Waals surface area contributed by atoms with Crippen LogP contribution in [0.2, 0.25) is 0 Å². The van der Waals surface area contributed by atoms with Crippen LogP contribution in [0.15, 0.2) is 0 Å². The Bertz CT molecular complexity index is 261. The van der Waals surface area contributed by atoms with Crippen molar-refractivity contribution in [2.45, 2.75) is 91.2 Å². The molecule has 0 aromatic rings. The Hall–Kier alpha value is -0.650. The van der Waals surface area contributed by atoms with Gasteiger partial charge in [0.15, 0.2) is 0 Å². The van der Waals surface area contributed by atoms with Crippen LogP contribution in [0.25, 0.3) is 0 Å². The van der Waals surface area contributed by atoms with Gasteiger partial charge >= 0.3 is 0 Å². The summed E-state index contributed by atoms with van der Waals surface area (Å²) in [4.78, 5) is 10.3. The average Bonchev–Trinajstić information content (AvgIpc) is 2.54. The van der Waals surface area contributed by atoms with Crippen LogP contribution in [0.3, 0.4) is 0 Å². The SMILES string of the molecule is CCCCC(CC)C(=O)[O-].CCCCCC(C)[NH2+]CC(O)CO. The van der Waals surface area contributed by atoms with Crippen molar-refractivity contribution in [2.75, 3.05) is 13.2 Å². The fraction of sp³-hybridized carbons (Fsp3) is 0.944. The van der Waals surface area contributed by atoms with Gasteiger partial charge in [0, 0.05) is 5.97 Å². The maximum atomic E-state index is 10.3.